The van der Waals surface area contributed by atoms with Gasteiger partial charge in [-0.1, -0.05) is 6.07 Å². The van der Waals surface area contributed by atoms with Crippen LogP contribution in [0.3, 0.4) is 0 Å². The number of amides is 1. The van der Waals surface area contributed by atoms with Gasteiger partial charge in [0, 0.05) is 38.3 Å². The van der Waals surface area contributed by atoms with Crippen molar-refractivity contribution in [3.05, 3.63) is 48.0 Å². The number of hydrogen-bond donors (Lipinski definition) is 0. The summed E-state index contributed by atoms with van der Waals surface area (Å²) in [7, 11) is 1.18. The van der Waals surface area contributed by atoms with Crippen molar-refractivity contribution in [3.63, 3.8) is 0 Å². The van der Waals surface area contributed by atoms with Crippen LogP contribution in [0.2, 0.25) is 0 Å². The highest BCUT2D eigenvalue weighted by Crippen LogP contribution is 2.28. The molecule has 1 saturated heterocycles. The van der Waals surface area contributed by atoms with Crippen molar-refractivity contribution in [2.75, 3.05) is 59.8 Å². The highest BCUT2D eigenvalue weighted by atomic mass is 32.2. The summed E-state index contributed by atoms with van der Waals surface area (Å²) >= 11 is 0. The second-order valence-electron chi connectivity index (χ2n) is 7.20. The van der Waals surface area contributed by atoms with E-state index in [1.165, 1.54) is 20.3 Å². The Hall–Kier alpha value is -2.78. The van der Waals surface area contributed by atoms with E-state index in [4.69, 9.17) is 14.2 Å². The molecule has 9 heteroatoms. The second kappa shape index (κ2) is 10.0. The van der Waals surface area contributed by atoms with Gasteiger partial charge in [-0.3, -0.25) is 9.69 Å². The quantitative estimate of drug-likeness (QED) is 0.610. The van der Waals surface area contributed by atoms with E-state index in [-0.39, 0.29) is 16.6 Å². The Balaban J connectivity index is 1.55. The third kappa shape index (κ3) is 5.48. The van der Waals surface area contributed by atoms with E-state index in [1.54, 1.807) is 48.4 Å². The molecule has 0 atom stereocenters. The van der Waals surface area contributed by atoms with E-state index in [2.05, 4.69) is 4.90 Å². The van der Waals surface area contributed by atoms with Crippen molar-refractivity contribution in [3.8, 4) is 17.2 Å². The monoisotopic (exact) mass is 448 g/mol. The largest absolute Gasteiger partial charge is 0.497 e. The first kappa shape index (κ1) is 22.9. The normalized spacial score (nSPS) is 14.9. The number of sulfone groups is 1. The van der Waals surface area contributed by atoms with E-state index >= 15 is 0 Å². The average molecular weight is 449 g/mol. The molecule has 1 aliphatic heterocycles. The molecule has 2 aromatic carbocycles. The standard InChI is InChI=1S/C22H28N2O6S/c1-28-18-5-4-6-19(16-18)31(26,27)14-13-23-9-11-24(12-10-23)22(25)17-7-8-20(29-2)21(15-17)30-3/h4-8,15-16H,9-14H2,1-3H3. The smallest absolute Gasteiger partial charge is 0.254 e. The van der Waals surface area contributed by atoms with Gasteiger partial charge in [-0.15, -0.1) is 0 Å². The van der Waals surface area contributed by atoms with Crippen molar-refractivity contribution in [1.82, 2.24) is 9.80 Å². The molecule has 0 saturated carbocycles. The summed E-state index contributed by atoms with van der Waals surface area (Å²) in [5.41, 5.74) is 0.534. The predicted molar refractivity (Wildman–Crippen MR) is 117 cm³/mol. The number of piperazine rings is 1. The van der Waals surface area contributed by atoms with Gasteiger partial charge in [0.2, 0.25) is 0 Å². The molecule has 0 aliphatic carbocycles. The number of benzene rings is 2. The molecular formula is C22H28N2O6S. The summed E-state index contributed by atoms with van der Waals surface area (Å²) in [4.78, 5) is 16.9. The maximum atomic E-state index is 12.8. The highest BCUT2D eigenvalue weighted by Gasteiger charge is 2.24. The van der Waals surface area contributed by atoms with Crippen LogP contribution < -0.4 is 14.2 Å². The zero-order valence-electron chi connectivity index (χ0n) is 18.0. The van der Waals surface area contributed by atoms with Crippen molar-refractivity contribution in [2.24, 2.45) is 0 Å². The average Bonchev–Trinajstić information content (AvgIpc) is 2.82. The molecule has 8 nitrogen and oxygen atoms in total. The minimum Gasteiger partial charge on any atom is -0.497 e. The van der Waals surface area contributed by atoms with Gasteiger partial charge in [0.1, 0.15) is 5.75 Å². The molecule has 1 heterocycles. The second-order valence-corrected chi connectivity index (χ2v) is 9.31. The first-order chi connectivity index (χ1) is 14.9. The zero-order chi connectivity index (χ0) is 22.4. The van der Waals surface area contributed by atoms with Crippen LogP contribution in [0.4, 0.5) is 0 Å². The lowest BCUT2D eigenvalue weighted by Gasteiger charge is -2.34. The van der Waals surface area contributed by atoms with E-state index in [0.717, 1.165) is 0 Å². The minimum absolute atomic E-state index is 0.0177. The van der Waals surface area contributed by atoms with Crippen LogP contribution in [0, 0.1) is 0 Å². The van der Waals surface area contributed by atoms with E-state index in [9.17, 15) is 13.2 Å². The molecule has 1 fully saturated rings. The summed E-state index contributed by atoms with van der Waals surface area (Å²) in [6, 6.07) is 11.6. The number of carbonyl (C=O) groups excluding carboxylic acids is 1. The molecule has 0 radical (unpaired) electrons. The third-order valence-electron chi connectivity index (χ3n) is 5.37. The van der Waals surface area contributed by atoms with Crippen LogP contribution in [-0.4, -0.2) is 83.9 Å². The summed E-state index contributed by atoms with van der Waals surface area (Å²) < 4.78 is 40.9. The van der Waals surface area contributed by atoms with E-state index < -0.39 is 9.84 Å². The van der Waals surface area contributed by atoms with Crippen LogP contribution in [0.15, 0.2) is 47.4 Å². The Labute approximate surface area is 183 Å². The fraction of sp³-hybridized carbons (Fsp3) is 0.409. The molecule has 0 spiro atoms. The van der Waals surface area contributed by atoms with E-state index in [1.807, 2.05) is 0 Å². The molecule has 0 unspecified atom stereocenters. The predicted octanol–water partition coefficient (Wildman–Crippen LogP) is 1.94. The Morgan fingerprint density at radius 3 is 2.26 bits per heavy atom. The third-order valence-corrected chi connectivity index (χ3v) is 7.06. The number of rotatable bonds is 8. The van der Waals surface area contributed by atoms with Crippen LogP contribution in [0.25, 0.3) is 0 Å². The summed E-state index contributed by atoms with van der Waals surface area (Å²) in [5, 5.41) is 0. The summed E-state index contributed by atoms with van der Waals surface area (Å²) in [6.45, 7) is 2.72. The van der Waals surface area contributed by atoms with Crippen molar-refractivity contribution < 1.29 is 27.4 Å². The number of methoxy groups -OCH3 is 3. The van der Waals surface area contributed by atoms with Gasteiger partial charge < -0.3 is 19.1 Å². The molecular weight excluding hydrogens is 420 g/mol. The lowest BCUT2D eigenvalue weighted by atomic mass is 10.1. The van der Waals surface area contributed by atoms with Crippen LogP contribution in [0.5, 0.6) is 17.2 Å². The minimum atomic E-state index is -3.41. The van der Waals surface area contributed by atoms with Crippen molar-refractivity contribution in [2.45, 2.75) is 4.90 Å². The Morgan fingerprint density at radius 2 is 1.61 bits per heavy atom. The lowest BCUT2D eigenvalue weighted by molar-refractivity contribution is 0.0643. The number of hydrogen-bond acceptors (Lipinski definition) is 7. The molecule has 2 aromatic rings. The fourth-order valence-corrected chi connectivity index (χ4v) is 4.80. The van der Waals surface area contributed by atoms with Gasteiger partial charge in [-0.05, 0) is 36.4 Å². The first-order valence-electron chi connectivity index (χ1n) is 9.98. The first-order valence-corrected chi connectivity index (χ1v) is 11.6. The fourth-order valence-electron chi connectivity index (χ4n) is 3.49. The van der Waals surface area contributed by atoms with Gasteiger partial charge in [-0.2, -0.15) is 0 Å². The summed E-state index contributed by atoms with van der Waals surface area (Å²) in [5.74, 6) is 1.54. The molecule has 168 valence electrons. The van der Waals surface area contributed by atoms with Gasteiger partial charge in [-0.25, -0.2) is 8.42 Å². The zero-order valence-corrected chi connectivity index (χ0v) is 18.9. The molecule has 1 amide bonds. The number of nitrogens with zero attached hydrogens (tertiary/aromatic N) is 2. The Kier molecular flexibility index (Phi) is 7.40. The highest BCUT2D eigenvalue weighted by molar-refractivity contribution is 7.91. The molecule has 31 heavy (non-hydrogen) atoms. The van der Waals surface area contributed by atoms with Crippen LogP contribution >= 0.6 is 0 Å². The molecule has 0 aromatic heterocycles. The van der Waals surface area contributed by atoms with Gasteiger partial charge in [0.25, 0.3) is 5.91 Å². The van der Waals surface area contributed by atoms with Crippen molar-refractivity contribution in [1.29, 1.82) is 0 Å². The van der Waals surface area contributed by atoms with Gasteiger partial charge in [0.15, 0.2) is 21.3 Å². The van der Waals surface area contributed by atoms with Crippen LogP contribution in [0.1, 0.15) is 10.4 Å². The van der Waals surface area contributed by atoms with Crippen LogP contribution in [-0.2, 0) is 9.84 Å². The molecule has 0 N–H and O–H groups in total. The van der Waals surface area contributed by atoms with Gasteiger partial charge in [0.05, 0.1) is 32.0 Å². The molecule has 3 rings (SSSR count). The molecule has 0 bridgehead atoms. The maximum absolute atomic E-state index is 12.8. The number of ether oxygens (including phenoxy) is 3. The Bertz CT molecular complexity index is 1020. The Morgan fingerprint density at radius 1 is 0.903 bits per heavy atom. The van der Waals surface area contributed by atoms with Crippen molar-refractivity contribution >= 4 is 15.7 Å². The number of carbonyl (C=O) groups is 1. The SMILES string of the molecule is COc1cccc(S(=O)(=O)CCN2CCN(C(=O)c3ccc(OC)c(OC)c3)CC2)c1. The van der Waals surface area contributed by atoms with Gasteiger partial charge >= 0.3 is 0 Å². The molecule has 1 aliphatic rings. The lowest BCUT2D eigenvalue weighted by Crippen LogP contribution is -2.49. The maximum Gasteiger partial charge on any atom is 0.254 e. The summed E-state index contributed by atoms with van der Waals surface area (Å²) in [6.07, 6.45) is 0. The van der Waals surface area contributed by atoms with E-state index in [0.29, 0.717) is 55.5 Å². The topological polar surface area (TPSA) is 85.4 Å².